The van der Waals surface area contributed by atoms with Gasteiger partial charge in [-0.1, -0.05) is 6.07 Å². The van der Waals surface area contributed by atoms with E-state index in [1.807, 2.05) is 4.90 Å². The Morgan fingerprint density at radius 1 is 1.45 bits per heavy atom. The van der Waals surface area contributed by atoms with Crippen molar-refractivity contribution in [3.8, 4) is 0 Å². The molecule has 1 aromatic carbocycles. The standard InChI is InChI=1S/C16H17FN4O/c1-9(22)21-12-5-6-14(21)15-13(8-12)19-20-16(15)18-11-4-2-3-10(17)7-11/h2-4,7,12,14H,5-6,8H2,1H3,(H2,18,19,20)/t12-,14-/m0/s1. The largest absolute Gasteiger partial charge is 0.338 e. The van der Waals surface area contributed by atoms with E-state index in [0.717, 1.165) is 30.5 Å². The molecule has 2 atom stereocenters. The number of nitrogens with one attached hydrogen (secondary N) is 2. The van der Waals surface area contributed by atoms with E-state index in [2.05, 4.69) is 15.5 Å². The van der Waals surface area contributed by atoms with Crippen LogP contribution in [0.2, 0.25) is 0 Å². The van der Waals surface area contributed by atoms with Gasteiger partial charge in [-0.15, -0.1) is 0 Å². The van der Waals surface area contributed by atoms with Gasteiger partial charge in [0.2, 0.25) is 5.91 Å². The Hall–Kier alpha value is -2.37. The average Bonchev–Trinajstić information content (AvgIpc) is 3.01. The van der Waals surface area contributed by atoms with E-state index in [1.54, 1.807) is 19.1 Å². The van der Waals surface area contributed by atoms with Gasteiger partial charge in [0.25, 0.3) is 0 Å². The summed E-state index contributed by atoms with van der Waals surface area (Å²) >= 11 is 0. The maximum absolute atomic E-state index is 13.3. The highest BCUT2D eigenvalue weighted by Gasteiger charge is 2.43. The zero-order valence-corrected chi connectivity index (χ0v) is 12.3. The third-order valence-corrected chi connectivity index (χ3v) is 4.61. The molecule has 2 N–H and O–H groups in total. The van der Waals surface area contributed by atoms with Crippen molar-refractivity contribution in [1.29, 1.82) is 0 Å². The molecular weight excluding hydrogens is 283 g/mol. The van der Waals surface area contributed by atoms with Gasteiger partial charge in [0.15, 0.2) is 5.82 Å². The first kappa shape index (κ1) is 13.3. The Morgan fingerprint density at radius 3 is 3.09 bits per heavy atom. The van der Waals surface area contributed by atoms with Crippen LogP contribution in [-0.2, 0) is 11.2 Å². The minimum Gasteiger partial charge on any atom is -0.338 e. The smallest absolute Gasteiger partial charge is 0.220 e. The molecule has 0 unspecified atom stereocenters. The fraction of sp³-hybridized carbons (Fsp3) is 0.375. The molecule has 0 spiro atoms. The lowest BCUT2D eigenvalue weighted by Crippen LogP contribution is -2.40. The molecule has 3 heterocycles. The van der Waals surface area contributed by atoms with Gasteiger partial charge in [-0.05, 0) is 31.0 Å². The molecule has 2 aliphatic heterocycles. The monoisotopic (exact) mass is 300 g/mol. The molecule has 6 heteroatoms. The van der Waals surface area contributed by atoms with Crippen LogP contribution >= 0.6 is 0 Å². The highest BCUT2D eigenvalue weighted by atomic mass is 19.1. The number of hydrogen-bond donors (Lipinski definition) is 2. The predicted molar refractivity (Wildman–Crippen MR) is 80.3 cm³/mol. The number of carbonyl (C=O) groups excluding carboxylic acids is 1. The van der Waals surface area contributed by atoms with E-state index < -0.39 is 0 Å². The van der Waals surface area contributed by atoms with Crippen molar-refractivity contribution in [3.05, 3.63) is 41.3 Å². The molecule has 1 aromatic heterocycles. The molecule has 2 aromatic rings. The van der Waals surface area contributed by atoms with Gasteiger partial charge in [-0.25, -0.2) is 4.39 Å². The summed E-state index contributed by atoms with van der Waals surface area (Å²) in [7, 11) is 0. The average molecular weight is 300 g/mol. The summed E-state index contributed by atoms with van der Waals surface area (Å²) < 4.78 is 13.3. The van der Waals surface area contributed by atoms with Gasteiger partial charge < -0.3 is 10.2 Å². The second kappa shape index (κ2) is 4.83. The lowest BCUT2D eigenvalue weighted by molar-refractivity contribution is -0.132. The molecule has 1 saturated heterocycles. The molecule has 4 rings (SSSR count). The Kier molecular flexibility index (Phi) is 2.92. The van der Waals surface area contributed by atoms with Crippen LogP contribution in [0.3, 0.4) is 0 Å². The van der Waals surface area contributed by atoms with E-state index in [-0.39, 0.29) is 23.8 Å². The van der Waals surface area contributed by atoms with Crippen molar-refractivity contribution in [2.24, 2.45) is 0 Å². The van der Waals surface area contributed by atoms with E-state index >= 15 is 0 Å². The van der Waals surface area contributed by atoms with E-state index in [1.165, 1.54) is 12.1 Å². The van der Waals surface area contributed by atoms with Crippen LogP contribution in [0.1, 0.15) is 37.1 Å². The van der Waals surface area contributed by atoms with Gasteiger partial charge >= 0.3 is 0 Å². The molecule has 2 aliphatic rings. The third-order valence-electron chi connectivity index (χ3n) is 4.61. The zero-order valence-electron chi connectivity index (χ0n) is 12.3. The van der Waals surface area contributed by atoms with Gasteiger partial charge in [-0.3, -0.25) is 9.89 Å². The van der Waals surface area contributed by atoms with Crippen LogP contribution in [0.5, 0.6) is 0 Å². The number of rotatable bonds is 2. The first-order chi connectivity index (χ1) is 10.6. The minimum atomic E-state index is -0.291. The Bertz CT molecular complexity index is 741. The number of aromatic amines is 1. The highest BCUT2D eigenvalue weighted by Crippen LogP contribution is 2.46. The summed E-state index contributed by atoms with van der Waals surface area (Å²) in [5.74, 6) is 0.508. The lowest BCUT2D eigenvalue weighted by atomic mass is 9.99. The molecular formula is C16H17FN4O. The van der Waals surface area contributed by atoms with E-state index in [9.17, 15) is 9.18 Å². The highest BCUT2D eigenvalue weighted by molar-refractivity contribution is 5.76. The number of hydrogen-bond acceptors (Lipinski definition) is 3. The Balaban J connectivity index is 1.70. The molecule has 1 amide bonds. The van der Waals surface area contributed by atoms with Crippen molar-refractivity contribution in [2.45, 2.75) is 38.3 Å². The number of carbonyl (C=O) groups is 1. The normalized spacial score (nSPS) is 22.5. The number of H-pyrrole nitrogens is 1. The van der Waals surface area contributed by atoms with Crippen molar-refractivity contribution in [3.63, 3.8) is 0 Å². The van der Waals surface area contributed by atoms with Crippen LogP contribution in [0, 0.1) is 5.82 Å². The maximum atomic E-state index is 13.3. The fourth-order valence-electron chi connectivity index (χ4n) is 3.78. The van der Waals surface area contributed by atoms with Crippen molar-refractivity contribution in [2.75, 3.05) is 5.32 Å². The Morgan fingerprint density at radius 2 is 2.32 bits per heavy atom. The van der Waals surface area contributed by atoms with Crippen LogP contribution in [0.25, 0.3) is 0 Å². The zero-order chi connectivity index (χ0) is 15.3. The molecule has 1 fully saturated rings. The van der Waals surface area contributed by atoms with Gasteiger partial charge in [0, 0.05) is 36.3 Å². The number of benzene rings is 1. The van der Waals surface area contributed by atoms with Crippen molar-refractivity contribution < 1.29 is 9.18 Å². The first-order valence-corrected chi connectivity index (χ1v) is 7.52. The molecule has 114 valence electrons. The minimum absolute atomic E-state index is 0.0704. The number of aromatic nitrogens is 2. The van der Waals surface area contributed by atoms with Crippen molar-refractivity contribution in [1.82, 2.24) is 15.1 Å². The number of halogens is 1. The summed E-state index contributed by atoms with van der Waals surface area (Å²) in [5.41, 5.74) is 2.79. The summed E-state index contributed by atoms with van der Waals surface area (Å²) in [6, 6.07) is 6.64. The number of nitrogens with zero attached hydrogens (tertiary/aromatic N) is 2. The predicted octanol–water partition coefficient (Wildman–Crippen LogP) is 2.90. The number of anilines is 2. The maximum Gasteiger partial charge on any atom is 0.220 e. The quantitative estimate of drug-likeness (QED) is 0.896. The van der Waals surface area contributed by atoms with E-state index in [4.69, 9.17) is 0 Å². The molecule has 0 aliphatic carbocycles. The molecule has 5 nitrogen and oxygen atoms in total. The summed E-state index contributed by atoms with van der Waals surface area (Å²) in [6.07, 6.45) is 2.78. The summed E-state index contributed by atoms with van der Waals surface area (Å²) in [5, 5.41) is 10.6. The van der Waals surface area contributed by atoms with Crippen LogP contribution in [-0.4, -0.2) is 27.0 Å². The summed E-state index contributed by atoms with van der Waals surface area (Å²) in [4.78, 5) is 13.9. The van der Waals surface area contributed by atoms with Crippen LogP contribution in [0.15, 0.2) is 24.3 Å². The number of fused-ring (bicyclic) bond motifs is 4. The topological polar surface area (TPSA) is 61.0 Å². The first-order valence-electron chi connectivity index (χ1n) is 7.52. The SMILES string of the molecule is CC(=O)N1[C@H]2CC[C@H]1c1c(Nc3cccc(F)c3)n[nH]c1C2. The summed E-state index contributed by atoms with van der Waals surface area (Å²) in [6.45, 7) is 1.62. The number of amides is 1. The van der Waals surface area contributed by atoms with Gasteiger partial charge in [0.05, 0.1) is 6.04 Å². The molecule has 0 radical (unpaired) electrons. The van der Waals surface area contributed by atoms with Crippen LogP contribution < -0.4 is 5.32 Å². The van der Waals surface area contributed by atoms with Gasteiger partial charge in [-0.2, -0.15) is 5.10 Å². The molecule has 22 heavy (non-hydrogen) atoms. The second-order valence-corrected chi connectivity index (χ2v) is 5.98. The second-order valence-electron chi connectivity index (χ2n) is 5.98. The Labute approximate surface area is 127 Å². The molecule has 2 bridgehead atoms. The van der Waals surface area contributed by atoms with Crippen LogP contribution in [0.4, 0.5) is 15.9 Å². The fourth-order valence-corrected chi connectivity index (χ4v) is 3.78. The van der Waals surface area contributed by atoms with Gasteiger partial charge in [0.1, 0.15) is 5.82 Å². The van der Waals surface area contributed by atoms with Crippen molar-refractivity contribution >= 4 is 17.4 Å². The third kappa shape index (κ3) is 1.98. The lowest BCUT2D eigenvalue weighted by Gasteiger charge is -2.34. The van der Waals surface area contributed by atoms with E-state index in [0.29, 0.717) is 11.5 Å². The molecule has 0 saturated carbocycles.